The molecule has 72 valence electrons. The minimum atomic E-state index is 0.857. The minimum absolute atomic E-state index is 0.857. The highest BCUT2D eigenvalue weighted by Crippen LogP contribution is 2.12. The molecule has 1 aliphatic rings. The van der Waals surface area contributed by atoms with Crippen LogP contribution < -0.4 is 0 Å². The predicted octanol–water partition coefficient (Wildman–Crippen LogP) is 1.64. The Bertz CT molecular complexity index is 314. The molecule has 0 aliphatic carbocycles. The summed E-state index contributed by atoms with van der Waals surface area (Å²) in [5.74, 6) is 0. The predicted molar refractivity (Wildman–Crippen MR) is 55.6 cm³/mol. The molecular formula is C8H12N2OS2. The molecule has 0 aromatic carbocycles. The number of rotatable bonds is 2. The van der Waals surface area contributed by atoms with Crippen LogP contribution in [-0.2, 0) is 11.3 Å². The summed E-state index contributed by atoms with van der Waals surface area (Å²) in [6, 6.07) is 0. The molecule has 2 rings (SSSR count). The first-order chi connectivity index (χ1) is 6.34. The van der Waals surface area contributed by atoms with Crippen LogP contribution in [0.4, 0.5) is 0 Å². The summed E-state index contributed by atoms with van der Waals surface area (Å²) in [5.41, 5.74) is 0. The van der Waals surface area contributed by atoms with E-state index in [1.807, 2.05) is 6.20 Å². The molecule has 0 unspecified atom stereocenters. The maximum atomic E-state index is 5.28. The first-order valence-corrected chi connectivity index (χ1v) is 5.54. The van der Waals surface area contributed by atoms with Gasteiger partial charge in [0.25, 0.3) is 0 Å². The number of nitrogens with zero attached hydrogens (tertiary/aromatic N) is 1. The standard InChI is InChI=1S/C8H12N2OS2/c12-8-9-5-7(13-8)6-10-1-3-11-4-2-10/h5H,1-4,6H2,(H,9,12). The molecule has 1 N–H and O–H groups in total. The number of hydrogen-bond acceptors (Lipinski definition) is 4. The summed E-state index contributed by atoms with van der Waals surface area (Å²) in [4.78, 5) is 6.73. The van der Waals surface area contributed by atoms with Crippen molar-refractivity contribution in [1.29, 1.82) is 0 Å². The third-order valence-electron chi connectivity index (χ3n) is 2.06. The highest BCUT2D eigenvalue weighted by atomic mass is 32.1. The Morgan fingerprint density at radius 2 is 2.31 bits per heavy atom. The highest BCUT2D eigenvalue weighted by Gasteiger charge is 2.10. The SMILES string of the molecule is S=c1[nH]cc(CN2CCOCC2)s1. The number of H-pyrrole nitrogens is 1. The summed E-state index contributed by atoms with van der Waals surface area (Å²) in [6.07, 6.45) is 2.00. The van der Waals surface area contributed by atoms with Crippen LogP contribution in [0.1, 0.15) is 4.88 Å². The average molecular weight is 216 g/mol. The second kappa shape index (κ2) is 4.32. The van der Waals surface area contributed by atoms with Gasteiger partial charge in [-0.3, -0.25) is 4.90 Å². The number of nitrogens with one attached hydrogen (secondary N) is 1. The van der Waals surface area contributed by atoms with E-state index >= 15 is 0 Å². The van der Waals surface area contributed by atoms with Gasteiger partial charge in [0.15, 0.2) is 3.95 Å². The van der Waals surface area contributed by atoms with Crippen molar-refractivity contribution < 1.29 is 4.74 Å². The molecule has 2 heterocycles. The molecule has 1 aromatic rings. The van der Waals surface area contributed by atoms with Crippen molar-refractivity contribution >= 4 is 23.6 Å². The molecule has 1 aromatic heterocycles. The van der Waals surface area contributed by atoms with E-state index in [9.17, 15) is 0 Å². The van der Waals surface area contributed by atoms with Crippen molar-refractivity contribution in [3.05, 3.63) is 15.0 Å². The van der Waals surface area contributed by atoms with Gasteiger partial charge >= 0.3 is 0 Å². The Kier molecular flexibility index (Phi) is 3.10. The Morgan fingerprint density at radius 1 is 1.54 bits per heavy atom. The Morgan fingerprint density at radius 3 is 2.92 bits per heavy atom. The fraction of sp³-hybridized carbons (Fsp3) is 0.625. The molecule has 3 nitrogen and oxygen atoms in total. The van der Waals surface area contributed by atoms with Gasteiger partial charge in [-0.1, -0.05) is 0 Å². The first kappa shape index (κ1) is 9.33. The van der Waals surface area contributed by atoms with E-state index in [1.54, 1.807) is 11.3 Å². The number of ether oxygens (including phenoxy) is 1. The normalized spacial score (nSPS) is 19.1. The molecule has 1 fully saturated rings. The number of hydrogen-bond donors (Lipinski definition) is 1. The number of aromatic nitrogens is 1. The van der Waals surface area contributed by atoms with Gasteiger partial charge in [-0.15, -0.1) is 11.3 Å². The third-order valence-corrected chi connectivity index (χ3v) is 3.24. The zero-order valence-electron chi connectivity index (χ0n) is 7.28. The molecule has 0 bridgehead atoms. The van der Waals surface area contributed by atoms with Crippen LogP contribution >= 0.6 is 23.6 Å². The minimum Gasteiger partial charge on any atom is -0.379 e. The molecule has 0 radical (unpaired) electrons. The molecule has 5 heteroatoms. The van der Waals surface area contributed by atoms with Gasteiger partial charge in [0.05, 0.1) is 13.2 Å². The molecule has 0 saturated carbocycles. The number of morpholine rings is 1. The highest BCUT2D eigenvalue weighted by molar-refractivity contribution is 7.73. The summed E-state index contributed by atoms with van der Waals surface area (Å²) in [7, 11) is 0. The van der Waals surface area contributed by atoms with E-state index in [0.29, 0.717) is 0 Å². The zero-order chi connectivity index (χ0) is 9.10. The molecule has 1 saturated heterocycles. The maximum Gasteiger partial charge on any atom is 0.158 e. The monoisotopic (exact) mass is 216 g/mol. The second-order valence-corrected chi connectivity index (χ2v) is 4.84. The van der Waals surface area contributed by atoms with Gasteiger partial charge in [0, 0.05) is 30.7 Å². The Labute approximate surface area is 86.3 Å². The number of thiazole rings is 1. The van der Waals surface area contributed by atoms with E-state index < -0.39 is 0 Å². The zero-order valence-corrected chi connectivity index (χ0v) is 8.92. The van der Waals surface area contributed by atoms with Crippen molar-refractivity contribution in [2.45, 2.75) is 6.54 Å². The molecule has 1 aliphatic heterocycles. The lowest BCUT2D eigenvalue weighted by Gasteiger charge is -2.25. The van der Waals surface area contributed by atoms with Crippen LogP contribution in [0, 0.1) is 3.95 Å². The van der Waals surface area contributed by atoms with Crippen LogP contribution in [0.25, 0.3) is 0 Å². The van der Waals surface area contributed by atoms with Gasteiger partial charge in [-0.25, -0.2) is 0 Å². The lowest BCUT2D eigenvalue weighted by atomic mass is 10.4. The fourth-order valence-corrected chi connectivity index (χ4v) is 2.48. The van der Waals surface area contributed by atoms with Gasteiger partial charge in [0.1, 0.15) is 0 Å². The van der Waals surface area contributed by atoms with E-state index in [2.05, 4.69) is 9.88 Å². The quantitative estimate of drug-likeness (QED) is 0.762. The summed E-state index contributed by atoms with van der Waals surface area (Å²) >= 11 is 6.68. The average Bonchev–Trinajstić information content (AvgIpc) is 2.53. The number of aromatic amines is 1. The molecule has 0 spiro atoms. The van der Waals surface area contributed by atoms with E-state index in [1.165, 1.54) is 4.88 Å². The van der Waals surface area contributed by atoms with Crippen molar-refractivity contribution in [3.8, 4) is 0 Å². The summed E-state index contributed by atoms with van der Waals surface area (Å²) in [6.45, 7) is 4.78. The van der Waals surface area contributed by atoms with Crippen LogP contribution in [-0.4, -0.2) is 36.2 Å². The second-order valence-electron chi connectivity index (χ2n) is 3.03. The van der Waals surface area contributed by atoms with E-state index in [4.69, 9.17) is 17.0 Å². The first-order valence-electron chi connectivity index (χ1n) is 4.32. The molecule has 13 heavy (non-hydrogen) atoms. The topological polar surface area (TPSA) is 28.3 Å². The smallest absolute Gasteiger partial charge is 0.158 e. The van der Waals surface area contributed by atoms with E-state index in [-0.39, 0.29) is 0 Å². The van der Waals surface area contributed by atoms with Crippen molar-refractivity contribution in [2.75, 3.05) is 26.3 Å². The Hall–Kier alpha value is -0.230. The maximum absolute atomic E-state index is 5.28. The Balaban J connectivity index is 1.93. The van der Waals surface area contributed by atoms with Gasteiger partial charge in [0.2, 0.25) is 0 Å². The van der Waals surface area contributed by atoms with Crippen LogP contribution in [0.5, 0.6) is 0 Å². The van der Waals surface area contributed by atoms with Gasteiger partial charge < -0.3 is 9.72 Å². The summed E-state index contributed by atoms with van der Waals surface area (Å²) < 4.78 is 6.14. The van der Waals surface area contributed by atoms with Crippen LogP contribution in [0.15, 0.2) is 6.20 Å². The van der Waals surface area contributed by atoms with E-state index in [0.717, 1.165) is 36.8 Å². The van der Waals surface area contributed by atoms with Crippen molar-refractivity contribution in [3.63, 3.8) is 0 Å². The lowest BCUT2D eigenvalue weighted by Crippen LogP contribution is -2.35. The van der Waals surface area contributed by atoms with Crippen molar-refractivity contribution in [1.82, 2.24) is 9.88 Å². The van der Waals surface area contributed by atoms with Gasteiger partial charge in [-0.05, 0) is 12.2 Å². The summed E-state index contributed by atoms with van der Waals surface area (Å²) in [5, 5.41) is 0. The van der Waals surface area contributed by atoms with Crippen LogP contribution in [0.3, 0.4) is 0 Å². The van der Waals surface area contributed by atoms with Crippen LogP contribution in [0.2, 0.25) is 0 Å². The molecule has 0 amide bonds. The van der Waals surface area contributed by atoms with Gasteiger partial charge in [-0.2, -0.15) is 0 Å². The molecular weight excluding hydrogens is 204 g/mol. The van der Waals surface area contributed by atoms with Crippen molar-refractivity contribution in [2.24, 2.45) is 0 Å². The largest absolute Gasteiger partial charge is 0.379 e. The fourth-order valence-electron chi connectivity index (χ4n) is 1.37. The molecule has 0 atom stereocenters. The third kappa shape index (κ3) is 2.60. The lowest BCUT2D eigenvalue weighted by molar-refractivity contribution is 0.0346.